The molecular formula is C18H16BrNO2. The minimum absolute atomic E-state index is 0.196. The lowest BCUT2D eigenvalue weighted by atomic mass is 10.1. The van der Waals surface area contributed by atoms with E-state index in [9.17, 15) is 9.59 Å². The highest BCUT2D eigenvalue weighted by molar-refractivity contribution is 9.10. The second kappa shape index (κ2) is 7.71. The molecule has 112 valence electrons. The van der Waals surface area contributed by atoms with Gasteiger partial charge in [-0.05, 0) is 42.8 Å². The molecule has 0 atom stereocenters. The lowest BCUT2D eigenvalue weighted by molar-refractivity contribution is -0.116. The maximum absolute atomic E-state index is 11.9. The number of amides is 1. The molecule has 2 aromatic carbocycles. The van der Waals surface area contributed by atoms with Gasteiger partial charge in [-0.1, -0.05) is 45.8 Å². The molecule has 0 saturated carbocycles. The number of hydrogen-bond donors (Lipinski definition) is 1. The number of aryl methyl sites for hydroxylation is 1. The Morgan fingerprint density at radius 2 is 1.64 bits per heavy atom. The molecule has 0 radical (unpaired) electrons. The third-order valence-corrected chi connectivity index (χ3v) is 3.63. The van der Waals surface area contributed by atoms with Crippen LogP contribution >= 0.6 is 15.9 Å². The number of benzene rings is 2. The summed E-state index contributed by atoms with van der Waals surface area (Å²) in [6, 6.07) is 14.9. The van der Waals surface area contributed by atoms with Gasteiger partial charge in [0.15, 0.2) is 5.78 Å². The molecule has 0 aliphatic heterocycles. The molecule has 22 heavy (non-hydrogen) atoms. The van der Waals surface area contributed by atoms with Crippen molar-refractivity contribution in [3.63, 3.8) is 0 Å². The zero-order valence-electron chi connectivity index (χ0n) is 12.2. The van der Waals surface area contributed by atoms with Crippen molar-refractivity contribution < 1.29 is 9.59 Å². The quantitative estimate of drug-likeness (QED) is 0.653. The van der Waals surface area contributed by atoms with Crippen LogP contribution in [-0.2, 0) is 11.3 Å². The van der Waals surface area contributed by atoms with Crippen LogP contribution in [0, 0.1) is 6.92 Å². The van der Waals surface area contributed by atoms with Crippen molar-refractivity contribution in [1.82, 2.24) is 5.32 Å². The van der Waals surface area contributed by atoms with Gasteiger partial charge in [-0.3, -0.25) is 9.59 Å². The molecule has 1 amide bonds. The molecule has 0 aliphatic rings. The van der Waals surface area contributed by atoms with Crippen LogP contribution in [0.1, 0.15) is 21.5 Å². The van der Waals surface area contributed by atoms with Crippen molar-refractivity contribution in [2.45, 2.75) is 13.5 Å². The predicted octanol–water partition coefficient (Wildman–Crippen LogP) is 3.81. The van der Waals surface area contributed by atoms with E-state index in [0.717, 1.165) is 10.0 Å². The summed E-state index contributed by atoms with van der Waals surface area (Å²) in [6.07, 6.45) is 2.55. The Morgan fingerprint density at radius 1 is 1.00 bits per heavy atom. The fourth-order valence-electron chi connectivity index (χ4n) is 1.82. The van der Waals surface area contributed by atoms with E-state index < -0.39 is 0 Å². The van der Waals surface area contributed by atoms with Gasteiger partial charge in [-0.2, -0.15) is 0 Å². The number of rotatable bonds is 5. The van der Waals surface area contributed by atoms with Crippen LogP contribution in [0.15, 0.2) is 65.2 Å². The Balaban J connectivity index is 1.87. The highest BCUT2D eigenvalue weighted by Gasteiger charge is 2.02. The summed E-state index contributed by atoms with van der Waals surface area (Å²) in [5.41, 5.74) is 2.74. The van der Waals surface area contributed by atoms with Crippen molar-refractivity contribution >= 4 is 27.6 Å². The Labute approximate surface area is 138 Å². The summed E-state index contributed by atoms with van der Waals surface area (Å²) in [5, 5.41) is 2.75. The van der Waals surface area contributed by atoms with E-state index in [-0.39, 0.29) is 11.7 Å². The SMILES string of the molecule is Cc1ccc(CNC(=O)/C=C/C(=O)c2ccc(Br)cc2)cc1. The van der Waals surface area contributed by atoms with Crippen molar-refractivity contribution in [3.05, 3.63) is 81.8 Å². The summed E-state index contributed by atoms with van der Waals surface area (Å²) in [4.78, 5) is 23.6. The molecule has 0 bridgehead atoms. The van der Waals surface area contributed by atoms with Crippen LogP contribution in [-0.4, -0.2) is 11.7 Å². The zero-order chi connectivity index (χ0) is 15.9. The van der Waals surface area contributed by atoms with E-state index in [1.807, 2.05) is 31.2 Å². The molecule has 1 N–H and O–H groups in total. The van der Waals surface area contributed by atoms with Crippen LogP contribution in [0.5, 0.6) is 0 Å². The van der Waals surface area contributed by atoms with E-state index in [1.165, 1.54) is 17.7 Å². The van der Waals surface area contributed by atoms with E-state index in [1.54, 1.807) is 24.3 Å². The summed E-state index contributed by atoms with van der Waals surface area (Å²) in [6.45, 7) is 2.45. The summed E-state index contributed by atoms with van der Waals surface area (Å²) < 4.78 is 0.906. The fourth-order valence-corrected chi connectivity index (χ4v) is 2.08. The third kappa shape index (κ3) is 4.97. The Morgan fingerprint density at radius 3 is 2.27 bits per heavy atom. The maximum Gasteiger partial charge on any atom is 0.244 e. The van der Waals surface area contributed by atoms with E-state index in [0.29, 0.717) is 12.1 Å². The van der Waals surface area contributed by atoms with Gasteiger partial charge in [0.05, 0.1) is 0 Å². The number of hydrogen-bond acceptors (Lipinski definition) is 2. The average molecular weight is 358 g/mol. The minimum Gasteiger partial charge on any atom is -0.348 e. The molecule has 0 unspecified atom stereocenters. The lowest BCUT2D eigenvalue weighted by Gasteiger charge is -2.03. The van der Waals surface area contributed by atoms with Gasteiger partial charge in [-0.15, -0.1) is 0 Å². The van der Waals surface area contributed by atoms with Gasteiger partial charge in [0.2, 0.25) is 5.91 Å². The van der Waals surface area contributed by atoms with Crippen LogP contribution < -0.4 is 5.32 Å². The minimum atomic E-state index is -0.286. The van der Waals surface area contributed by atoms with E-state index in [4.69, 9.17) is 0 Å². The van der Waals surface area contributed by atoms with Crippen molar-refractivity contribution in [2.24, 2.45) is 0 Å². The molecule has 0 aromatic heterocycles. The molecule has 3 nitrogen and oxygen atoms in total. The Bertz CT molecular complexity index is 688. The standard InChI is InChI=1S/C18H16BrNO2/c1-13-2-4-14(5-3-13)12-20-18(22)11-10-17(21)15-6-8-16(19)9-7-15/h2-11H,12H2,1H3,(H,20,22)/b11-10+. The van der Waals surface area contributed by atoms with Gasteiger partial charge >= 0.3 is 0 Å². The van der Waals surface area contributed by atoms with Gasteiger partial charge < -0.3 is 5.32 Å². The molecule has 2 aromatic rings. The molecule has 0 spiro atoms. The second-order valence-electron chi connectivity index (χ2n) is 4.91. The second-order valence-corrected chi connectivity index (χ2v) is 5.82. The highest BCUT2D eigenvalue weighted by Crippen LogP contribution is 2.11. The summed E-state index contributed by atoms with van der Waals surface area (Å²) in [7, 11) is 0. The average Bonchev–Trinajstić information content (AvgIpc) is 2.52. The van der Waals surface area contributed by atoms with Gasteiger partial charge in [0.1, 0.15) is 0 Å². The highest BCUT2D eigenvalue weighted by atomic mass is 79.9. The summed E-state index contributed by atoms with van der Waals surface area (Å²) in [5.74, 6) is -0.482. The number of carbonyl (C=O) groups excluding carboxylic acids is 2. The lowest BCUT2D eigenvalue weighted by Crippen LogP contribution is -2.20. The van der Waals surface area contributed by atoms with Crippen molar-refractivity contribution in [1.29, 1.82) is 0 Å². The molecule has 0 fully saturated rings. The molecule has 0 heterocycles. The molecule has 0 saturated heterocycles. The van der Waals surface area contributed by atoms with E-state index in [2.05, 4.69) is 21.2 Å². The van der Waals surface area contributed by atoms with Crippen LogP contribution in [0.25, 0.3) is 0 Å². The number of nitrogens with one attached hydrogen (secondary N) is 1. The third-order valence-electron chi connectivity index (χ3n) is 3.10. The molecule has 2 rings (SSSR count). The summed E-state index contributed by atoms with van der Waals surface area (Å²) >= 11 is 3.31. The largest absolute Gasteiger partial charge is 0.348 e. The Hall–Kier alpha value is -2.20. The fraction of sp³-hybridized carbons (Fsp3) is 0.111. The topological polar surface area (TPSA) is 46.2 Å². The monoisotopic (exact) mass is 357 g/mol. The van der Waals surface area contributed by atoms with Crippen molar-refractivity contribution in [2.75, 3.05) is 0 Å². The van der Waals surface area contributed by atoms with Crippen LogP contribution in [0.3, 0.4) is 0 Å². The first-order valence-corrected chi connectivity index (χ1v) is 7.65. The normalized spacial score (nSPS) is 10.6. The van der Waals surface area contributed by atoms with Crippen molar-refractivity contribution in [3.8, 4) is 0 Å². The van der Waals surface area contributed by atoms with Crippen LogP contribution in [0.2, 0.25) is 0 Å². The number of allylic oxidation sites excluding steroid dienone is 1. The number of carbonyl (C=O) groups is 2. The number of ketones is 1. The first kappa shape index (κ1) is 16.2. The molecule has 4 heteroatoms. The smallest absolute Gasteiger partial charge is 0.244 e. The first-order chi connectivity index (χ1) is 10.5. The van der Waals surface area contributed by atoms with Crippen LogP contribution in [0.4, 0.5) is 0 Å². The Kier molecular flexibility index (Phi) is 5.67. The maximum atomic E-state index is 11.9. The first-order valence-electron chi connectivity index (χ1n) is 6.86. The molecule has 0 aliphatic carbocycles. The number of halogens is 1. The molecular weight excluding hydrogens is 342 g/mol. The zero-order valence-corrected chi connectivity index (χ0v) is 13.8. The van der Waals surface area contributed by atoms with Gasteiger partial charge in [0, 0.05) is 22.7 Å². The van der Waals surface area contributed by atoms with Gasteiger partial charge in [0.25, 0.3) is 0 Å². The van der Waals surface area contributed by atoms with Gasteiger partial charge in [-0.25, -0.2) is 0 Å². The predicted molar refractivity (Wildman–Crippen MR) is 90.6 cm³/mol. The van der Waals surface area contributed by atoms with E-state index >= 15 is 0 Å².